The molecule has 0 spiro atoms. The minimum absolute atomic E-state index is 0.0815. The van der Waals surface area contributed by atoms with E-state index in [0.717, 1.165) is 24.0 Å². The first kappa shape index (κ1) is 15.6. The Hall–Kier alpha value is -2.29. The van der Waals surface area contributed by atoms with Crippen LogP contribution < -0.4 is 10.6 Å². The summed E-state index contributed by atoms with van der Waals surface area (Å²) in [6.45, 7) is 4.24. The summed E-state index contributed by atoms with van der Waals surface area (Å²) in [4.78, 5) is 0. The summed E-state index contributed by atoms with van der Waals surface area (Å²) in [5.41, 5.74) is 3.71. The van der Waals surface area contributed by atoms with E-state index in [-0.39, 0.29) is 11.9 Å². The van der Waals surface area contributed by atoms with E-state index >= 15 is 0 Å². The van der Waals surface area contributed by atoms with E-state index in [1.165, 1.54) is 5.70 Å². The lowest BCUT2D eigenvalue weighted by atomic mass is 10.0. The first-order valence-corrected chi connectivity index (χ1v) is 8.24. The number of hydrogen-bond acceptors (Lipinski definition) is 2. The minimum Gasteiger partial charge on any atom is -0.386 e. The lowest BCUT2D eigenvalue weighted by Gasteiger charge is -2.17. The Bertz CT molecular complexity index is 694. The van der Waals surface area contributed by atoms with Crippen LogP contribution in [0.25, 0.3) is 11.1 Å². The van der Waals surface area contributed by atoms with E-state index in [2.05, 4.69) is 24.5 Å². The van der Waals surface area contributed by atoms with Gasteiger partial charge in [0.2, 0.25) is 0 Å². The van der Waals surface area contributed by atoms with E-state index in [4.69, 9.17) is 0 Å². The molecule has 23 heavy (non-hydrogen) atoms. The predicted octanol–water partition coefficient (Wildman–Crippen LogP) is 4.76. The van der Waals surface area contributed by atoms with Crippen LogP contribution >= 0.6 is 0 Å². The van der Waals surface area contributed by atoms with Gasteiger partial charge in [-0.2, -0.15) is 0 Å². The minimum atomic E-state index is -0.174. The number of halogens is 1. The Balaban J connectivity index is 1.73. The Morgan fingerprint density at radius 2 is 2.00 bits per heavy atom. The molecule has 0 radical (unpaired) electrons. The van der Waals surface area contributed by atoms with Crippen molar-refractivity contribution in [2.24, 2.45) is 0 Å². The van der Waals surface area contributed by atoms with Crippen LogP contribution in [0.3, 0.4) is 0 Å². The van der Waals surface area contributed by atoms with E-state index in [9.17, 15) is 4.39 Å². The van der Waals surface area contributed by atoms with Crippen molar-refractivity contribution < 1.29 is 4.39 Å². The summed E-state index contributed by atoms with van der Waals surface area (Å²) in [7, 11) is 0. The molecule has 2 N–H and O–H groups in total. The van der Waals surface area contributed by atoms with Crippen molar-refractivity contribution in [2.75, 3.05) is 0 Å². The lowest BCUT2D eigenvalue weighted by molar-refractivity contribution is 0.568. The van der Waals surface area contributed by atoms with Crippen molar-refractivity contribution in [3.63, 3.8) is 0 Å². The van der Waals surface area contributed by atoms with Crippen molar-refractivity contribution in [1.29, 1.82) is 0 Å². The van der Waals surface area contributed by atoms with Crippen molar-refractivity contribution in [3.8, 4) is 11.1 Å². The van der Waals surface area contributed by atoms with Gasteiger partial charge in [-0.25, -0.2) is 4.39 Å². The molecule has 0 bridgehead atoms. The lowest BCUT2D eigenvalue weighted by Crippen LogP contribution is -2.20. The summed E-state index contributed by atoms with van der Waals surface area (Å²) < 4.78 is 14.5. The monoisotopic (exact) mass is 310 g/mol. The van der Waals surface area contributed by atoms with Crippen LogP contribution in [-0.4, -0.2) is 6.04 Å². The van der Waals surface area contributed by atoms with E-state index in [0.29, 0.717) is 11.6 Å². The third-order valence-electron chi connectivity index (χ3n) is 4.43. The standard InChI is InChI=1S/C20H23FN2/c1-3-17-12-18(13-22-17)23-14(2)16-9-10-19(20(21)11-16)15-7-5-4-6-8-15/h4-11,13-14,17,22-23H,3,12H2,1-2H3/t14?,17-/m0/s1. The molecule has 1 aliphatic heterocycles. The second-order valence-corrected chi connectivity index (χ2v) is 6.12. The molecule has 0 aliphatic carbocycles. The van der Waals surface area contributed by atoms with Gasteiger partial charge in [0.1, 0.15) is 5.82 Å². The number of rotatable bonds is 5. The molecule has 0 saturated carbocycles. The fourth-order valence-corrected chi connectivity index (χ4v) is 2.98. The second-order valence-electron chi connectivity index (χ2n) is 6.12. The van der Waals surface area contributed by atoms with Crippen LogP contribution in [-0.2, 0) is 0 Å². The van der Waals surface area contributed by atoms with Gasteiger partial charge in [0.15, 0.2) is 0 Å². The zero-order chi connectivity index (χ0) is 16.2. The molecule has 1 heterocycles. The molecule has 0 fully saturated rings. The highest BCUT2D eigenvalue weighted by atomic mass is 19.1. The SMILES string of the molecule is CC[C@H]1CC(NC(C)c2ccc(-c3ccccc3)c(F)c2)=CN1. The number of benzene rings is 2. The van der Waals surface area contributed by atoms with Crippen LogP contribution in [0.1, 0.15) is 38.3 Å². The summed E-state index contributed by atoms with van der Waals surface area (Å²) in [6, 6.07) is 15.8. The Kier molecular flexibility index (Phi) is 4.65. The first-order chi connectivity index (χ1) is 11.2. The van der Waals surface area contributed by atoms with Gasteiger partial charge in [0, 0.05) is 36.0 Å². The van der Waals surface area contributed by atoms with Gasteiger partial charge in [0.25, 0.3) is 0 Å². The average molecular weight is 310 g/mol. The molecule has 2 nitrogen and oxygen atoms in total. The molecule has 1 aliphatic rings. The number of hydrogen-bond donors (Lipinski definition) is 2. The fourth-order valence-electron chi connectivity index (χ4n) is 2.98. The molecule has 120 valence electrons. The van der Waals surface area contributed by atoms with Crippen LogP contribution in [0.4, 0.5) is 4.39 Å². The molecule has 1 unspecified atom stereocenters. The molecule has 3 rings (SSSR count). The van der Waals surface area contributed by atoms with Crippen LogP contribution in [0.2, 0.25) is 0 Å². The van der Waals surface area contributed by atoms with Crippen LogP contribution in [0.5, 0.6) is 0 Å². The van der Waals surface area contributed by atoms with Gasteiger partial charge in [0.05, 0.1) is 0 Å². The molecule has 2 aromatic carbocycles. The highest BCUT2D eigenvalue weighted by Crippen LogP contribution is 2.26. The normalized spacial score (nSPS) is 18.2. The maximum Gasteiger partial charge on any atom is 0.131 e. The van der Waals surface area contributed by atoms with Gasteiger partial charge in [-0.05, 0) is 30.5 Å². The fraction of sp³-hybridized carbons (Fsp3) is 0.300. The first-order valence-electron chi connectivity index (χ1n) is 8.24. The third-order valence-corrected chi connectivity index (χ3v) is 4.43. The zero-order valence-corrected chi connectivity index (χ0v) is 13.6. The summed E-state index contributed by atoms with van der Waals surface area (Å²) in [5, 5.41) is 6.83. The third kappa shape index (κ3) is 3.55. The van der Waals surface area contributed by atoms with Crippen molar-refractivity contribution >= 4 is 0 Å². The van der Waals surface area contributed by atoms with Crippen molar-refractivity contribution in [3.05, 3.63) is 71.8 Å². The highest BCUT2D eigenvalue weighted by molar-refractivity contribution is 5.64. The van der Waals surface area contributed by atoms with E-state index in [1.54, 1.807) is 6.07 Å². The van der Waals surface area contributed by atoms with Crippen LogP contribution in [0, 0.1) is 5.82 Å². The molecular formula is C20H23FN2. The Morgan fingerprint density at radius 1 is 1.22 bits per heavy atom. The molecule has 0 amide bonds. The Labute approximate surface area is 137 Å². The van der Waals surface area contributed by atoms with E-state index < -0.39 is 0 Å². The highest BCUT2D eigenvalue weighted by Gasteiger charge is 2.17. The zero-order valence-electron chi connectivity index (χ0n) is 13.6. The van der Waals surface area contributed by atoms with Gasteiger partial charge in [-0.3, -0.25) is 0 Å². The predicted molar refractivity (Wildman–Crippen MR) is 93.3 cm³/mol. The smallest absolute Gasteiger partial charge is 0.131 e. The summed E-state index contributed by atoms with van der Waals surface area (Å²) in [6.07, 6.45) is 4.15. The maximum absolute atomic E-state index is 14.5. The quantitative estimate of drug-likeness (QED) is 0.832. The maximum atomic E-state index is 14.5. The molecule has 0 saturated heterocycles. The number of nitrogens with one attached hydrogen (secondary N) is 2. The topological polar surface area (TPSA) is 24.1 Å². The van der Waals surface area contributed by atoms with Gasteiger partial charge >= 0.3 is 0 Å². The molecule has 3 heteroatoms. The largest absolute Gasteiger partial charge is 0.386 e. The molecular weight excluding hydrogens is 287 g/mol. The van der Waals surface area contributed by atoms with Gasteiger partial charge in [-0.1, -0.05) is 49.4 Å². The summed E-state index contributed by atoms with van der Waals surface area (Å²) >= 11 is 0. The molecule has 2 atom stereocenters. The van der Waals surface area contributed by atoms with Crippen molar-refractivity contribution in [1.82, 2.24) is 10.6 Å². The molecule has 0 aromatic heterocycles. The summed E-state index contributed by atoms with van der Waals surface area (Å²) in [5.74, 6) is -0.174. The second kappa shape index (κ2) is 6.86. The molecule has 2 aromatic rings. The van der Waals surface area contributed by atoms with Gasteiger partial charge < -0.3 is 10.6 Å². The van der Waals surface area contributed by atoms with Crippen molar-refractivity contribution in [2.45, 2.75) is 38.8 Å². The van der Waals surface area contributed by atoms with Gasteiger partial charge in [-0.15, -0.1) is 0 Å². The Morgan fingerprint density at radius 3 is 2.65 bits per heavy atom. The average Bonchev–Trinajstić information content (AvgIpc) is 3.03. The van der Waals surface area contributed by atoms with E-state index in [1.807, 2.05) is 48.7 Å². The van der Waals surface area contributed by atoms with Crippen LogP contribution in [0.15, 0.2) is 60.4 Å².